The van der Waals surface area contributed by atoms with Crippen LogP contribution in [-0.4, -0.2) is 27.5 Å². The van der Waals surface area contributed by atoms with Crippen LogP contribution in [0.1, 0.15) is 24.2 Å². The van der Waals surface area contributed by atoms with Gasteiger partial charge in [0.25, 0.3) is 5.91 Å². The van der Waals surface area contributed by atoms with Gasteiger partial charge in [-0.25, -0.2) is 13.1 Å². The summed E-state index contributed by atoms with van der Waals surface area (Å²) < 4.78 is 32.5. The molecule has 0 aromatic heterocycles. The minimum atomic E-state index is -3.81. The molecule has 0 spiro atoms. The molecular formula is C17H19ClN2O4S. The number of carbonyl (C=O) groups is 1. The summed E-state index contributed by atoms with van der Waals surface area (Å²) in [6, 6.07) is 10.6. The maximum Gasteiger partial charge on any atom is 0.255 e. The Bertz CT molecular complexity index is 882. The number of hydrogen-bond acceptors (Lipinski definition) is 4. The van der Waals surface area contributed by atoms with Crippen molar-refractivity contribution in [3.05, 3.63) is 53.1 Å². The highest BCUT2D eigenvalue weighted by atomic mass is 35.5. The monoisotopic (exact) mass is 382 g/mol. The van der Waals surface area contributed by atoms with Crippen LogP contribution in [0.3, 0.4) is 0 Å². The number of sulfonamides is 1. The van der Waals surface area contributed by atoms with E-state index in [4.69, 9.17) is 16.3 Å². The summed E-state index contributed by atoms with van der Waals surface area (Å²) in [7, 11) is -2.44. The first-order valence-electron chi connectivity index (χ1n) is 7.50. The highest BCUT2D eigenvalue weighted by Crippen LogP contribution is 2.26. The summed E-state index contributed by atoms with van der Waals surface area (Å²) >= 11 is 5.89. The maximum atomic E-state index is 12.5. The zero-order valence-corrected chi connectivity index (χ0v) is 15.6. The fraction of sp³-hybridized carbons (Fsp3) is 0.235. The number of amides is 1. The summed E-state index contributed by atoms with van der Waals surface area (Å²) in [5.74, 6) is -0.293. The second-order valence-corrected chi connectivity index (χ2v) is 7.72. The number of hydrogen-bond donors (Lipinski definition) is 2. The number of anilines is 1. The van der Waals surface area contributed by atoms with Crippen LogP contribution in [0.5, 0.6) is 5.75 Å². The lowest BCUT2D eigenvalue weighted by molar-refractivity contribution is 0.102. The third-order valence-electron chi connectivity index (χ3n) is 3.19. The van der Waals surface area contributed by atoms with E-state index in [0.29, 0.717) is 10.7 Å². The van der Waals surface area contributed by atoms with Gasteiger partial charge in [-0.05, 0) is 50.2 Å². The van der Waals surface area contributed by atoms with Crippen molar-refractivity contribution in [1.29, 1.82) is 0 Å². The van der Waals surface area contributed by atoms with Crippen LogP contribution >= 0.6 is 11.6 Å². The van der Waals surface area contributed by atoms with Crippen LogP contribution in [0.4, 0.5) is 5.69 Å². The summed E-state index contributed by atoms with van der Waals surface area (Å²) in [4.78, 5) is 12.3. The molecule has 2 rings (SSSR count). The molecule has 0 radical (unpaired) electrons. The Hall–Kier alpha value is -2.09. The molecule has 0 aliphatic carbocycles. The van der Waals surface area contributed by atoms with Gasteiger partial charge >= 0.3 is 0 Å². The summed E-state index contributed by atoms with van der Waals surface area (Å²) in [6.07, 6.45) is 0. The van der Waals surface area contributed by atoms with Crippen LogP contribution in [0.2, 0.25) is 5.02 Å². The molecule has 8 heteroatoms. The smallest absolute Gasteiger partial charge is 0.255 e. The van der Waals surface area contributed by atoms with Gasteiger partial charge in [-0.15, -0.1) is 0 Å². The van der Waals surface area contributed by atoms with E-state index in [1.165, 1.54) is 25.3 Å². The molecule has 0 unspecified atom stereocenters. The van der Waals surface area contributed by atoms with Gasteiger partial charge in [0, 0.05) is 22.3 Å². The SMILES string of the molecule is COc1ccc(C(=O)Nc2cccc(Cl)c2)cc1S(=O)(=O)NC(C)C. The molecular weight excluding hydrogens is 364 g/mol. The summed E-state index contributed by atoms with van der Waals surface area (Å²) in [6.45, 7) is 3.42. The Labute approximate surface area is 152 Å². The van der Waals surface area contributed by atoms with E-state index in [1.807, 2.05) is 0 Å². The van der Waals surface area contributed by atoms with Crippen molar-refractivity contribution in [2.24, 2.45) is 0 Å². The van der Waals surface area contributed by atoms with E-state index in [0.717, 1.165) is 0 Å². The van der Waals surface area contributed by atoms with Gasteiger partial charge in [0.2, 0.25) is 10.0 Å². The van der Waals surface area contributed by atoms with E-state index < -0.39 is 15.9 Å². The Morgan fingerprint density at radius 3 is 2.48 bits per heavy atom. The third kappa shape index (κ3) is 4.94. The van der Waals surface area contributed by atoms with Crippen molar-refractivity contribution >= 4 is 33.2 Å². The van der Waals surface area contributed by atoms with E-state index >= 15 is 0 Å². The number of benzene rings is 2. The highest BCUT2D eigenvalue weighted by molar-refractivity contribution is 7.89. The van der Waals surface area contributed by atoms with Crippen molar-refractivity contribution in [3.63, 3.8) is 0 Å². The Morgan fingerprint density at radius 1 is 1.16 bits per heavy atom. The quantitative estimate of drug-likeness (QED) is 0.802. The molecule has 0 saturated carbocycles. The van der Waals surface area contributed by atoms with Crippen molar-refractivity contribution < 1.29 is 17.9 Å². The molecule has 2 N–H and O–H groups in total. The largest absolute Gasteiger partial charge is 0.495 e. The Balaban J connectivity index is 2.36. The molecule has 134 valence electrons. The first-order chi connectivity index (χ1) is 11.7. The van der Waals surface area contributed by atoms with Gasteiger partial charge in [-0.3, -0.25) is 4.79 Å². The first-order valence-corrected chi connectivity index (χ1v) is 9.36. The standard InChI is InChI=1S/C17H19ClN2O4S/c1-11(2)20-25(22,23)16-9-12(7-8-15(16)24-3)17(21)19-14-6-4-5-13(18)10-14/h4-11,20H,1-3H3,(H,19,21). The Kier molecular flexibility index (Phi) is 6.05. The zero-order chi connectivity index (χ0) is 18.6. The van der Waals surface area contributed by atoms with Crippen molar-refractivity contribution in [1.82, 2.24) is 4.72 Å². The minimum absolute atomic E-state index is 0.0950. The topological polar surface area (TPSA) is 84.5 Å². The number of rotatable bonds is 6. The zero-order valence-electron chi connectivity index (χ0n) is 14.0. The average molecular weight is 383 g/mol. The van der Waals surface area contributed by atoms with E-state index in [9.17, 15) is 13.2 Å². The van der Waals surface area contributed by atoms with Gasteiger partial charge < -0.3 is 10.1 Å². The molecule has 0 aliphatic heterocycles. The van der Waals surface area contributed by atoms with Crippen molar-refractivity contribution in [3.8, 4) is 5.75 Å². The average Bonchev–Trinajstić information content (AvgIpc) is 2.53. The molecule has 0 saturated heterocycles. The highest BCUT2D eigenvalue weighted by Gasteiger charge is 2.22. The number of nitrogens with one attached hydrogen (secondary N) is 2. The van der Waals surface area contributed by atoms with E-state index in [-0.39, 0.29) is 22.3 Å². The fourth-order valence-electron chi connectivity index (χ4n) is 2.17. The van der Waals surface area contributed by atoms with Gasteiger partial charge in [0.1, 0.15) is 10.6 Å². The second kappa shape index (κ2) is 7.86. The molecule has 2 aromatic carbocycles. The predicted octanol–water partition coefficient (Wildman–Crippen LogP) is 3.29. The molecule has 0 fully saturated rings. The molecule has 2 aromatic rings. The van der Waals surface area contributed by atoms with Crippen LogP contribution in [0.15, 0.2) is 47.4 Å². The van der Waals surface area contributed by atoms with Gasteiger partial charge in [-0.2, -0.15) is 0 Å². The van der Waals surface area contributed by atoms with Crippen LogP contribution in [0, 0.1) is 0 Å². The van der Waals surface area contributed by atoms with Gasteiger partial charge in [0.05, 0.1) is 7.11 Å². The van der Waals surface area contributed by atoms with E-state index in [2.05, 4.69) is 10.0 Å². The number of methoxy groups -OCH3 is 1. The number of carbonyl (C=O) groups excluding carboxylic acids is 1. The molecule has 0 atom stereocenters. The number of halogens is 1. The predicted molar refractivity (Wildman–Crippen MR) is 97.9 cm³/mol. The molecule has 0 heterocycles. The second-order valence-electron chi connectivity index (χ2n) is 5.61. The molecule has 25 heavy (non-hydrogen) atoms. The van der Waals surface area contributed by atoms with E-state index in [1.54, 1.807) is 38.1 Å². The summed E-state index contributed by atoms with van der Waals surface area (Å²) in [5.41, 5.74) is 0.697. The van der Waals surface area contributed by atoms with Crippen molar-refractivity contribution in [2.75, 3.05) is 12.4 Å². The van der Waals surface area contributed by atoms with Crippen LogP contribution in [-0.2, 0) is 10.0 Å². The number of ether oxygens (including phenoxy) is 1. The Morgan fingerprint density at radius 2 is 1.88 bits per heavy atom. The lowest BCUT2D eigenvalue weighted by Crippen LogP contribution is -2.30. The van der Waals surface area contributed by atoms with Gasteiger partial charge in [-0.1, -0.05) is 17.7 Å². The van der Waals surface area contributed by atoms with Crippen LogP contribution < -0.4 is 14.8 Å². The molecule has 6 nitrogen and oxygen atoms in total. The minimum Gasteiger partial charge on any atom is -0.495 e. The van der Waals surface area contributed by atoms with Crippen LogP contribution in [0.25, 0.3) is 0 Å². The maximum absolute atomic E-state index is 12.5. The third-order valence-corrected chi connectivity index (χ3v) is 5.10. The molecule has 0 bridgehead atoms. The van der Waals surface area contributed by atoms with Gasteiger partial charge in [0.15, 0.2) is 0 Å². The fourth-order valence-corrected chi connectivity index (χ4v) is 3.81. The first kappa shape index (κ1) is 19.2. The summed E-state index contributed by atoms with van der Waals surface area (Å²) in [5, 5.41) is 3.16. The lowest BCUT2D eigenvalue weighted by atomic mass is 10.2. The normalized spacial score (nSPS) is 11.4. The van der Waals surface area contributed by atoms with Crippen molar-refractivity contribution in [2.45, 2.75) is 24.8 Å². The molecule has 0 aliphatic rings. The molecule has 1 amide bonds. The lowest BCUT2D eigenvalue weighted by Gasteiger charge is -2.14.